The van der Waals surface area contributed by atoms with Crippen LogP contribution in [0.1, 0.15) is 34.8 Å². The normalized spacial score (nSPS) is 12.5. The van der Waals surface area contributed by atoms with E-state index in [1.54, 1.807) is 36.2 Å². The topological polar surface area (TPSA) is 49.8 Å². The largest absolute Gasteiger partial charge is 0.486 e. The molecule has 0 saturated heterocycles. The maximum absolute atomic E-state index is 15.1. The molecule has 0 aliphatic heterocycles. The number of likely N-dealkylation sites (N-methyl/N-ethyl adjacent to an activating group) is 1. The van der Waals surface area contributed by atoms with Gasteiger partial charge < -0.3 is 9.84 Å². The van der Waals surface area contributed by atoms with Gasteiger partial charge in [-0.05, 0) is 31.7 Å². The van der Waals surface area contributed by atoms with Crippen molar-refractivity contribution in [3.63, 3.8) is 0 Å². The predicted molar refractivity (Wildman–Crippen MR) is 120 cm³/mol. The molecule has 0 spiro atoms. The number of hydrogen-bond donors (Lipinski definition) is 1. The predicted octanol–water partition coefficient (Wildman–Crippen LogP) is 5.66. The minimum atomic E-state index is -3.16. The number of ether oxygens (including phenoxy) is 1. The SMILES string of the molecule is Cc1ccc(C(F)(F)c2cccc(OC(CCN(C)CC(=O)O)c3ccccc3)c2)cc1. The van der Waals surface area contributed by atoms with Crippen LogP contribution in [0.25, 0.3) is 0 Å². The van der Waals surface area contributed by atoms with Crippen molar-refractivity contribution < 1.29 is 23.4 Å². The number of benzene rings is 3. The molecule has 168 valence electrons. The summed E-state index contributed by atoms with van der Waals surface area (Å²) in [5.74, 6) is -3.73. The fraction of sp³-hybridized carbons (Fsp3) is 0.269. The van der Waals surface area contributed by atoms with E-state index >= 15 is 8.78 Å². The third kappa shape index (κ3) is 6.14. The molecule has 0 aromatic heterocycles. The molecule has 1 unspecified atom stereocenters. The Hall–Kier alpha value is -3.25. The molecule has 6 heteroatoms. The van der Waals surface area contributed by atoms with Crippen LogP contribution >= 0.6 is 0 Å². The molecule has 0 saturated carbocycles. The molecule has 1 N–H and O–H groups in total. The van der Waals surface area contributed by atoms with Gasteiger partial charge in [0.15, 0.2) is 0 Å². The van der Waals surface area contributed by atoms with Gasteiger partial charge in [-0.3, -0.25) is 9.69 Å². The summed E-state index contributed by atoms with van der Waals surface area (Å²) in [6.07, 6.45) is 0.0996. The van der Waals surface area contributed by atoms with Gasteiger partial charge in [0.2, 0.25) is 0 Å². The van der Waals surface area contributed by atoms with Gasteiger partial charge in [-0.15, -0.1) is 0 Å². The third-order valence-electron chi connectivity index (χ3n) is 5.24. The first-order valence-corrected chi connectivity index (χ1v) is 10.4. The molecule has 1 atom stereocenters. The van der Waals surface area contributed by atoms with E-state index in [1.807, 2.05) is 37.3 Å². The minimum absolute atomic E-state index is 0.0739. The number of alkyl halides is 2. The molecule has 3 rings (SSSR count). The van der Waals surface area contributed by atoms with E-state index in [4.69, 9.17) is 9.84 Å². The molecule has 0 amide bonds. The molecular formula is C26H27F2NO3. The first-order valence-electron chi connectivity index (χ1n) is 10.4. The summed E-state index contributed by atoms with van der Waals surface area (Å²) in [7, 11) is 1.72. The Bertz CT molecular complexity index is 1020. The van der Waals surface area contributed by atoms with E-state index in [9.17, 15) is 4.79 Å². The molecule has 4 nitrogen and oxygen atoms in total. The van der Waals surface area contributed by atoms with Gasteiger partial charge in [0, 0.05) is 24.1 Å². The van der Waals surface area contributed by atoms with E-state index in [-0.39, 0.29) is 17.7 Å². The number of carboxylic acid groups (broad SMARTS) is 1. The molecule has 32 heavy (non-hydrogen) atoms. The second-order valence-electron chi connectivity index (χ2n) is 7.91. The van der Waals surface area contributed by atoms with Gasteiger partial charge in [0.25, 0.3) is 5.92 Å². The van der Waals surface area contributed by atoms with Crippen LogP contribution < -0.4 is 4.74 Å². The summed E-state index contributed by atoms with van der Waals surface area (Å²) < 4.78 is 36.4. The second kappa shape index (κ2) is 10.4. The zero-order valence-electron chi connectivity index (χ0n) is 18.2. The number of carboxylic acids is 1. The van der Waals surface area contributed by atoms with Gasteiger partial charge in [-0.1, -0.05) is 72.3 Å². The highest BCUT2D eigenvalue weighted by molar-refractivity contribution is 5.69. The number of halogens is 2. The Labute approximate surface area is 187 Å². The summed E-state index contributed by atoms with van der Waals surface area (Å²) >= 11 is 0. The number of nitrogens with zero attached hydrogens (tertiary/aromatic N) is 1. The maximum atomic E-state index is 15.1. The van der Waals surface area contributed by atoms with Crippen LogP contribution in [0.2, 0.25) is 0 Å². The lowest BCUT2D eigenvalue weighted by Gasteiger charge is -2.24. The first-order chi connectivity index (χ1) is 15.3. The van der Waals surface area contributed by atoms with E-state index in [0.717, 1.165) is 11.1 Å². The standard InChI is InChI=1S/C26H27F2NO3/c1-19-11-13-21(14-12-19)26(27,28)22-9-6-10-23(17-22)32-24(20-7-4-3-5-8-20)15-16-29(2)18-25(30)31/h3-14,17,24H,15-16,18H2,1-2H3,(H,30,31). The highest BCUT2D eigenvalue weighted by atomic mass is 19.3. The van der Waals surface area contributed by atoms with Crippen molar-refractivity contribution >= 4 is 5.97 Å². The number of hydrogen-bond acceptors (Lipinski definition) is 3. The number of carbonyl (C=O) groups is 1. The van der Waals surface area contributed by atoms with Crippen molar-refractivity contribution in [2.24, 2.45) is 0 Å². The third-order valence-corrected chi connectivity index (χ3v) is 5.24. The molecule has 0 bridgehead atoms. The van der Waals surface area contributed by atoms with Crippen molar-refractivity contribution in [2.45, 2.75) is 25.4 Å². The Morgan fingerprint density at radius 2 is 1.69 bits per heavy atom. The number of aliphatic carboxylic acids is 1. The summed E-state index contributed by atoms with van der Waals surface area (Å²) in [6, 6.07) is 21.7. The zero-order valence-corrected chi connectivity index (χ0v) is 18.2. The van der Waals surface area contributed by atoms with E-state index in [1.165, 1.54) is 24.3 Å². The molecule has 0 radical (unpaired) electrons. The van der Waals surface area contributed by atoms with Crippen LogP contribution in [0, 0.1) is 6.92 Å². The fourth-order valence-corrected chi connectivity index (χ4v) is 3.47. The van der Waals surface area contributed by atoms with Crippen molar-refractivity contribution in [2.75, 3.05) is 20.1 Å². The first kappa shape index (κ1) is 23.4. The summed E-state index contributed by atoms with van der Waals surface area (Å²) in [4.78, 5) is 12.6. The molecule has 0 aliphatic rings. The monoisotopic (exact) mass is 439 g/mol. The molecule has 3 aromatic carbocycles. The average Bonchev–Trinajstić information content (AvgIpc) is 2.77. The number of rotatable bonds is 10. The molecular weight excluding hydrogens is 412 g/mol. The summed E-state index contributed by atoms with van der Waals surface area (Å²) in [5.41, 5.74) is 1.59. The zero-order chi connectivity index (χ0) is 23.1. The van der Waals surface area contributed by atoms with Crippen molar-refractivity contribution in [1.82, 2.24) is 4.90 Å². The van der Waals surface area contributed by atoms with E-state index in [0.29, 0.717) is 18.7 Å². The van der Waals surface area contributed by atoms with Crippen LogP contribution in [0.15, 0.2) is 78.9 Å². The van der Waals surface area contributed by atoms with Crippen LogP contribution in [0.5, 0.6) is 5.75 Å². The Morgan fingerprint density at radius 1 is 1.00 bits per heavy atom. The van der Waals surface area contributed by atoms with E-state index in [2.05, 4.69) is 0 Å². The second-order valence-corrected chi connectivity index (χ2v) is 7.91. The molecule has 0 aliphatic carbocycles. The van der Waals surface area contributed by atoms with E-state index < -0.39 is 18.0 Å². The van der Waals surface area contributed by atoms with Crippen LogP contribution in [-0.4, -0.2) is 36.1 Å². The van der Waals surface area contributed by atoms with Crippen molar-refractivity contribution in [3.05, 3.63) is 101 Å². The smallest absolute Gasteiger partial charge is 0.317 e. The van der Waals surface area contributed by atoms with Crippen molar-refractivity contribution in [1.29, 1.82) is 0 Å². The lowest BCUT2D eigenvalue weighted by atomic mass is 9.99. The van der Waals surface area contributed by atoms with Crippen LogP contribution in [-0.2, 0) is 10.7 Å². The summed E-state index contributed by atoms with van der Waals surface area (Å²) in [6.45, 7) is 2.25. The Balaban J connectivity index is 1.82. The lowest BCUT2D eigenvalue weighted by molar-refractivity contribution is -0.138. The highest BCUT2D eigenvalue weighted by Gasteiger charge is 2.34. The van der Waals surface area contributed by atoms with Gasteiger partial charge >= 0.3 is 5.97 Å². The highest BCUT2D eigenvalue weighted by Crippen LogP contribution is 2.38. The Kier molecular flexibility index (Phi) is 7.59. The van der Waals surface area contributed by atoms with Crippen LogP contribution in [0.3, 0.4) is 0 Å². The van der Waals surface area contributed by atoms with Gasteiger partial charge in [0.1, 0.15) is 11.9 Å². The number of aryl methyl sites for hydroxylation is 1. The quantitative estimate of drug-likeness (QED) is 0.443. The lowest BCUT2D eigenvalue weighted by Crippen LogP contribution is -2.28. The minimum Gasteiger partial charge on any atom is -0.486 e. The fourth-order valence-electron chi connectivity index (χ4n) is 3.47. The van der Waals surface area contributed by atoms with Gasteiger partial charge in [0.05, 0.1) is 6.54 Å². The summed E-state index contributed by atoms with van der Waals surface area (Å²) in [5, 5.41) is 8.97. The maximum Gasteiger partial charge on any atom is 0.317 e. The van der Waals surface area contributed by atoms with Crippen LogP contribution in [0.4, 0.5) is 8.78 Å². The average molecular weight is 440 g/mol. The van der Waals surface area contributed by atoms with Crippen molar-refractivity contribution in [3.8, 4) is 5.75 Å². The molecule has 0 heterocycles. The molecule has 3 aromatic rings. The molecule has 0 fully saturated rings. The van der Waals surface area contributed by atoms with Gasteiger partial charge in [-0.2, -0.15) is 8.78 Å². The Morgan fingerprint density at radius 3 is 2.34 bits per heavy atom. The van der Waals surface area contributed by atoms with Gasteiger partial charge in [-0.25, -0.2) is 0 Å².